The lowest BCUT2D eigenvalue weighted by molar-refractivity contribution is -0.149. The number of hydrogen-bond acceptors (Lipinski definition) is 3. The van der Waals surface area contributed by atoms with Crippen molar-refractivity contribution in [2.75, 3.05) is 0 Å². The summed E-state index contributed by atoms with van der Waals surface area (Å²) < 4.78 is 13.0. The Morgan fingerprint density at radius 1 is 0.920 bits per heavy atom. The van der Waals surface area contributed by atoms with Crippen LogP contribution in [0.5, 0.6) is 0 Å². The van der Waals surface area contributed by atoms with Crippen molar-refractivity contribution in [2.24, 2.45) is 0 Å². The third-order valence-corrected chi connectivity index (χ3v) is 11.9. The molecule has 1 aliphatic rings. The van der Waals surface area contributed by atoms with E-state index < -0.39 is 14.1 Å². The fourth-order valence-corrected chi connectivity index (χ4v) is 10.2. The topological polar surface area (TPSA) is 35.5 Å². The summed E-state index contributed by atoms with van der Waals surface area (Å²) in [6.45, 7) is 13.6. The van der Waals surface area contributed by atoms with Gasteiger partial charge in [0.25, 0.3) is 0 Å². The molecule has 1 aromatic carbocycles. The van der Waals surface area contributed by atoms with Gasteiger partial charge in [0.2, 0.25) is 14.1 Å². The average Bonchev–Trinajstić information content (AvgIpc) is 3.00. The van der Waals surface area contributed by atoms with Crippen molar-refractivity contribution in [3.63, 3.8) is 0 Å². The number of ether oxygens (including phenoxy) is 1. The lowest BCUT2D eigenvalue weighted by Crippen LogP contribution is -2.55. The van der Waals surface area contributed by atoms with Crippen LogP contribution >= 0.6 is 0 Å². The molecule has 0 bridgehead atoms. The van der Waals surface area contributed by atoms with Gasteiger partial charge in [-0.15, -0.1) is 0 Å². The maximum atomic E-state index is 12.7. The molecule has 1 saturated carbocycles. The first-order valence-electron chi connectivity index (χ1n) is 9.72. The van der Waals surface area contributed by atoms with E-state index in [0.717, 1.165) is 25.7 Å². The molecule has 1 aromatic rings. The van der Waals surface area contributed by atoms with Gasteiger partial charge in [-0.1, -0.05) is 59.7 Å². The van der Waals surface area contributed by atoms with Gasteiger partial charge < -0.3 is 9.16 Å². The van der Waals surface area contributed by atoms with Crippen molar-refractivity contribution in [3.8, 4) is 0 Å². The van der Waals surface area contributed by atoms with Crippen molar-refractivity contribution in [3.05, 3.63) is 35.9 Å². The molecule has 3 nitrogen and oxygen atoms in total. The van der Waals surface area contributed by atoms with Crippen molar-refractivity contribution in [1.29, 1.82) is 0 Å². The van der Waals surface area contributed by atoms with E-state index in [1.165, 1.54) is 0 Å². The van der Waals surface area contributed by atoms with Crippen LogP contribution in [0.25, 0.3) is 0 Å². The Balaban J connectivity index is 2.31. The van der Waals surface area contributed by atoms with E-state index in [9.17, 15) is 4.79 Å². The number of carbonyl (C=O) groups excluding carboxylic acids is 1. The SMILES string of the molecule is CC(C)[Si](OC1(OC(=O)c2ccccc2)CCCC1)(C(C)C)C(C)C. The molecule has 0 heterocycles. The highest BCUT2D eigenvalue weighted by Gasteiger charge is 2.53. The van der Waals surface area contributed by atoms with Gasteiger partial charge in [0.1, 0.15) is 0 Å². The molecule has 140 valence electrons. The van der Waals surface area contributed by atoms with Crippen LogP contribution in [-0.2, 0) is 9.16 Å². The minimum Gasteiger partial charge on any atom is -0.430 e. The lowest BCUT2D eigenvalue weighted by atomic mass is 10.2. The van der Waals surface area contributed by atoms with Crippen LogP contribution in [0.15, 0.2) is 30.3 Å². The van der Waals surface area contributed by atoms with E-state index in [-0.39, 0.29) is 5.97 Å². The van der Waals surface area contributed by atoms with Crippen LogP contribution in [0, 0.1) is 0 Å². The first-order valence-corrected chi connectivity index (χ1v) is 11.9. The Hall–Kier alpha value is -1.13. The molecule has 0 saturated heterocycles. The fourth-order valence-electron chi connectivity index (χ4n) is 4.62. The summed E-state index contributed by atoms with van der Waals surface area (Å²) in [5.41, 5.74) is 2.02. The average molecular weight is 363 g/mol. The van der Waals surface area contributed by atoms with Crippen LogP contribution in [-0.4, -0.2) is 20.1 Å². The van der Waals surface area contributed by atoms with Crippen LogP contribution < -0.4 is 0 Å². The molecule has 1 fully saturated rings. The molecule has 0 spiro atoms. The molecule has 4 heteroatoms. The number of esters is 1. The van der Waals surface area contributed by atoms with Crippen LogP contribution in [0.1, 0.15) is 77.6 Å². The molecule has 2 rings (SSSR count). The first kappa shape index (κ1) is 20.2. The molecule has 0 atom stereocenters. The largest absolute Gasteiger partial charge is 0.430 e. The zero-order valence-electron chi connectivity index (χ0n) is 16.7. The van der Waals surface area contributed by atoms with E-state index in [1.807, 2.05) is 30.3 Å². The van der Waals surface area contributed by atoms with Gasteiger partial charge in [-0.2, -0.15) is 0 Å². The molecule has 0 aromatic heterocycles. The minimum atomic E-state index is -2.11. The zero-order valence-corrected chi connectivity index (χ0v) is 17.7. The minimum absolute atomic E-state index is 0.262. The summed E-state index contributed by atoms with van der Waals surface area (Å²) >= 11 is 0. The normalized spacial score (nSPS) is 17.5. The summed E-state index contributed by atoms with van der Waals surface area (Å²) in [7, 11) is -2.11. The predicted octanol–water partition coefficient (Wildman–Crippen LogP) is 6.31. The number of carbonyl (C=O) groups is 1. The molecule has 0 N–H and O–H groups in total. The number of hydrogen-bond donors (Lipinski definition) is 0. The lowest BCUT2D eigenvalue weighted by Gasteiger charge is -2.47. The van der Waals surface area contributed by atoms with Gasteiger partial charge in [-0.3, -0.25) is 0 Å². The van der Waals surface area contributed by atoms with E-state index in [4.69, 9.17) is 9.16 Å². The molecular weight excluding hydrogens is 328 g/mol. The van der Waals surface area contributed by atoms with Crippen molar-refractivity contribution < 1.29 is 14.0 Å². The summed E-state index contributed by atoms with van der Waals surface area (Å²) in [4.78, 5) is 12.7. The van der Waals surface area contributed by atoms with Gasteiger partial charge in [-0.25, -0.2) is 4.79 Å². The smallest absolute Gasteiger partial charge is 0.340 e. The van der Waals surface area contributed by atoms with Crippen LogP contribution in [0.3, 0.4) is 0 Å². The maximum Gasteiger partial charge on any atom is 0.340 e. The molecule has 0 aliphatic heterocycles. The maximum absolute atomic E-state index is 12.7. The number of benzene rings is 1. The van der Waals surface area contributed by atoms with Crippen molar-refractivity contribution >= 4 is 14.3 Å². The van der Waals surface area contributed by atoms with Gasteiger partial charge in [0.05, 0.1) is 5.56 Å². The second-order valence-corrected chi connectivity index (χ2v) is 13.7. The Morgan fingerprint density at radius 3 is 1.84 bits per heavy atom. The summed E-state index contributed by atoms with van der Waals surface area (Å²) in [6.07, 6.45) is 3.74. The second-order valence-electron chi connectivity index (χ2n) is 8.29. The Morgan fingerprint density at radius 2 is 1.40 bits per heavy atom. The molecule has 0 radical (unpaired) electrons. The summed E-state index contributed by atoms with van der Waals surface area (Å²) in [6, 6.07) is 9.27. The standard InChI is InChI=1S/C21H34O3Si/c1-16(2)25(17(3)4,18(5)6)24-21(14-10-11-15-21)23-20(22)19-12-8-7-9-13-19/h7-9,12-13,16-18H,10-11,14-15H2,1-6H3. The van der Waals surface area contributed by atoms with Gasteiger partial charge >= 0.3 is 5.97 Å². The quantitative estimate of drug-likeness (QED) is 0.324. The molecular formula is C21H34O3Si. The first-order chi connectivity index (χ1) is 11.7. The van der Waals surface area contributed by atoms with Crippen molar-refractivity contribution in [2.45, 2.75) is 89.6 Å². The van der Waals surface area contributed by atoms with Crippen LogP contribution in [0.2, 0.25) is 16.6 Å². The third kappa shape index (κ3) is 4.17. The second kappa shape index (κ2) is 8.04. The van der Waals surface area contributed by atoms with Gasteiger partial charge in [0, 0.05) is 12.8 Å². The zero-order chi connectivity index (χ0) is 18.7. The Bertz CT molecular complexity index is 538. The monoisotopic (exact) mass is 362 g/mol. The highest BCUT2D eigenvalue weighted by Crippen LogP contribution is 2.48. The van der Waals surface area contributed by atoms with E-state index in [2.05, 4.69) is 41.5 Å². The molecule has 25 heavy (non-hydrogen) atoms. The van der Waals surface area contributed by atoms with E-state index in [1.54, 1.807) is 0 Å². The van der Waals surface area contributed by atoms with Crippen LogP contribution in [0.4, 0.5) is 0 Å². The fraction of sp³-hybridized carbons (Fsp3) is 0.667. The molecule has 1 aliphatic carbocycles. The summed E-state index contributed by atoms with van der Waals surface area (Å²) in [5, 5.41) is 0. The number of rotatable bonds is 7. The van der Waals surface area contributed by atoms with E-state index in [0.29, 0.717) is 22.2 Å². The van der Waals surface area contributed by atoms with Crippen molar-refractivity contribution in [1.82, 2.24) is 0 Å². The van der Waals surface area contributed by atoms with E-state index >= 15 is 0 Å². The summed E-state index contributed by atoms with van der Waals surface area (Å²) in [5.74, 6) is -1.00. The highest BCUT2D eigenvalue weighted by molar-refractivity contribution is 6.77. The predicted molar refractivity (Wildman–Crippen MR) is 105 cm³/mol. The van der Waals surface area contributed by atoms with Gasteiger partial charge in [0.15, 0.2) is 0 Å². The Kier molecular flexibility index (Phi) is 6.49. The molecule has 0 amide bonds. The van der Waals surface area contributed by atoms with Gasteiger partial charge in [-0.05, 0) is 41.6 Å². The Labute approximate surface area is 154 Å². The molecule has 0 unspecified atom stereocenters. The highest BCUT2D eigenvalue weighted by atomic mass is 28.4. The third-order valence-electron chi connectivity index (χ3n) is 5.72.